The number of nitrogens with one attached hydrogen (secondary N) is 1. The maximum atomic E-state index is 11.9. The summed E-state index contributed by atoms with van der Waals surface area (Å²) in [6.45, 7) is 4.64. The normalized spacial score (nSPS) is 17.0. The molecule has 0 amide bonds. The van der Waals surface area contributed by atoms with Gasteiger partial charge in [-0.2, -0.15) is 10.2 Å². The molecule has 13 heteroatoms. The van der Waals surface area contributed by atoms with Crippen molar-refractivity contribution < 1.29 is 13.2 Å². The van der Waals surface area contributed by atoms with Crippen LogP contribution in [0.25, 0.3) is 28.0 Å². The maximum absolute atomic E-state index is 11.9. The van der Waals surface area contributed by atoms with Crippen LogP contribution >= 0.6 is 0 Å². The fraction of sp³-hybridized carbons (Fsp3) is 0.321. The number of sulfone groups is 1. The lowest BCUT2D eigenvalue weighted by Crippen LogP contribution is -2.57. The van der Waals surface area contributed by atoms with Gasteiger partial charge in [-0.15, -0.1) is 0 Å². The van der Waals surface area contributed by atoms with E-state index in [-0.39, 0.29) is 17.7 Å². The van der Waals surface area contributed by atoms with Crippen LogP contribution in [0.15, 0.2) is 55.2 Å². The van der Waals surface area contributed by atoms with Crippen molar-refractivity contribution in [2.24, 2.45) is 13.0 Å². The lowest BCUT2D eigenvalue weighted by Gasteiger charge is -2.48. The Morgan fingerprint density at radius 1 is 1.12 bits per heavy atom. The van der Waals surface area contributed by atoms with Gasteiger partial charge in [0.05, 0.1) is 47.7 Å². The van der Waals surface area contributed by atoms with Crippen molar-refractivity contribution >= 4 is 37.9 Å². The van der Waals surface area contributed by atoms with Crippen molar-refractivity contribution in [2.75, 3.05) is 35.9 Å². The lowest BCUT2D eigenvalue weighted by atomic mass is 9.91. The van der Waals surface area contributed by atoms with E-state index >= 15 is 0 Å². The van der Waals surface area contributed by atoms with Gasteiger partial charge in [-0.1, -0.05) is 0 Å². The van der Waals surface area contributed by atoms with Crippen LogP contribution in [-0.4, -0.2) is 74.6 Å². The van der Waals surface area contributed by atoms with Gasteiger partial charge in [0.15, 0.2) is 5.82 Å². The Bertz CT molecular complexity index is 1860. The summed E-state index contributed by atoms with van der Waals surface area (Å²) in [5, 5.41) is 13.2. The van der Waals surface area contributed by atoms with Crippen molar-refractivity contribution in [1.82, 2.24) is 34.5 Å². The van der Waals surface area contributed by atoms with Gasteiger partial charge in [0.2, 0.25) is 0 Å². The van der Waals surface area contributed by atoms with E-state index in [0.29, 0.717) is 29.6 Å². The molecule has 1 saturated heterocycles. The molecule has 0 aliphatic carbocycles. The van der Waals surface area contributed by atoms with Crippen LogP contribution < -0.4 is 15.0 Å². The molecule has 2 atom stereocenters. The van der Waals surface area contributed by atoms with Gasteiger partial charge in [0, 0.05) is 79.3 Å². The summed E-state index contributed by atoms with van der Waals surface area (Å²) in [6, 6.07) is 7.77. The second-order valence-corrected chi connectivity index (χ2v) is 12.7. The number of hydrogen-bond donors (Lipinski definition) is 1. The molecular formula is C28H31N9O3S. The molecule has 0 radical (unpaired) electrons. The lowest BCUT2D eigenvalue weighted by molar-refractivity contribution is 0.341. The minimum atomic E-state index is -3.07. The van der Waals surface area contributed by atoms with Crippen LogP contribution in [0.4, 0.5) is 17.2 Å². The molecule has 0 aromatic carbocycles. The Balaban J connectivity index is 1.45. The third-order valence-electron chi connectivity index (χ3n) is 7.48. The van der Waals surface area contributed by atoms with Crippen LogP contribution in [-0.2, 0) is 16.9 Å². The second-order valence-electron chi connectivity index (χ2n) is 10.5. The summed E-state index contributed by atoms with van der Waals surface area (Å²) in [4.78, 5) is 16.2. The number of pyridine rings is 3. The summed E-state index contributed by atoms with van der Waals surface area (Å²) in [5.41, 5.74) is 4.86. The van der Waals surface area contributed by atoms with Crippen molar-refractivity contribution in [3.63, 3.8) is 0 Å². The summed E-state index contributed by atoms with van der Waals surface area (Å²) in [5.74, 6) is 2.13. The Morgan fingerprint density at radius 2 is 1.95 bits per heavy atom. The average Bonchev–Trinajstić information content (AvgIpc) is 3.56. The highest BCUT2D eigenvalue weighted by molar-refractivity contribution is 7.90. The number of rotatable bonds is 8. The SMILES string of the molecule is COc1ccncc1-c1cc2c(cnn2-c2cc(N3C[C@H](CS(C)(=O)=O)[C@H]3C)cc(Nc3cnn(C)c3)n2)c(C)n1. The number of anilines is 3. The first-order valence-electron chi connectivity index (χ1n) is 13.2. The number of methoxy groups -OCH3 is 1. The van der Waals surface area contributed by atoms with Crippen LogP contribution in [0.5, 0.6) is 5.75 Å². The number of ether oxygens (including phenoxy) is 1. The monoisotopic (exact) mass is 573 g/mol. The average molecular weight is 574 g/mol. The van der Waals surface area contributed by atoms with E-state index in [1.165, 1.54) is 6.26 Å². The molecule has 6 heterocycles. The Labute approximate surface area is 237 Å². The van der Waals surface area contributed by atoms with Gasteiger partial charge >= 0.3 is 0 Å². The van der Waals surface area contributed by atoms with Crippen molar-refractivity contribution in [1.29, 1.82) is 0 Å². The smallest absolute Gasteiger partial charge is 0.158 e. The largest absolute Gasteiger partial charge is 0.496 e. The fourth-order valence-corrected chi connectivity index (χ4v) is 6.50. The molecule has 41 heavy (non-hydrogen) atoms. The number of nitrogens with zero attached hydrogens (tertiary/aromatic N) is 8. The highest BCUT2D eigenvalue weighted by Gasteiger charge is 2.38. The van der Waals surface area contributed by atoms with Crippen LogP contribution in [0.3, 0.4) is 0 Å². The molecule has 0 unspecified atom stereocenters. The minimum Gasteiger partial charge on any atom is -0.496 e. The third kappa shape index (κ3) is 5.20. The van der Waals surface area contributed by atoms with E-state index in [0.717, 1.165) is 33.5 Å². The van der Waals surface area contributed by atoms with E-state index in [2.05, 4.69) is 27.2 Å². The van der Waals surface area contributed by atoms with Crippen molar-refractivity contribution in [2.45, 2.75) is 19.9 Å². The van der Waals surface area contributed by atoms with Crippen molar-refractivity contribution in [3.05, 3.63) is 60.9 Å². The summed E-state index contributed by atoms with van der Waals surface area (Å²) in [6.07, 6.45) is 10.1. The predicted octanol–water partition coefficient (Wildman–Crippen LogP) is 3.54. The molecule has 12 nitrogen and oxygen atoms in total. The molecule has 212 valence electrons. The molecule has 1 aliphatic rings. The van der Waals surface area contributed by atoms with Gasteiger partial charge in [-0.3, -0.25) is 14.6 Å². The number of hydrogen-bond acceptors (Lipinski definition) is 10. The first kappa shape index (κ1) is 26.7. The molecule has 5 aromatic rings. The Kier molecular flexibility index (Phi) is 6.60. The first-order chi connectivity index (χ1) is 19.6. The molecular weight excluding hydrogens is 542 g/mol. The molecule has 1 N–H and O–H groups in total. The zero-order valence-electron chi connectivity index (χ0n) is 23.5. The number of fused-ring (bicyclic) bond motifs is 1. The topological polar surface area (TPSA) is 133 Å². The molecule has 1 aliphatic heterocycles. The summed E-state index contributed by atoms with van der Waals surface area (Å²) < 4.78 is 32.9. The summed E-state index contributed by atoms with van der Waals surface area (Å²) in [7, 11) is 0.408. The molecule has 1 fully saturated rings. The summed E-state index contributed by atoms with van der Waals surface area (Å²) >= 11 is 0. The third-order valence-corrected chi connectivity index (χ3v) is 8.51. The second kappa shape index (κ2) is 10.1. The molecule has 5 aromatic heterocycles. The zero-order chi connectivity index (χ0) is 28.9. The Hall–Kier alpha value is -4.52. The zero-order valence-corrected chi connectivity index (χ0v) is 24.3. The number of aromatic nitrogens is 7. The van der Waals surface area contributed by atoms with E-state index in [1.54, 1.807) is 47.3 Å². The molecule has 0 spiro atoms. The minimum absolute atomic E-state index is 0.0525. The van der Waals surface area contributed by atoms with Gasteiger partial charge in [-0.25, -0.2) is 18.1 Å². The molecule has 0 bridgehead atoms. The van der Waals surface area contributed by atoms with E-state index in [4.69, 9.17) is 19.8 Å². The van der Waals surface area contributed by atoms with Gasteiger partial charge in [0.1, 0.15) is 21.4 Å². The standard InChI is InChI=1S/C28H31N9O3S/c1-17-22-13-31-37(25(22)10-24(32-17)23-12-29-7-6-26(23)40-4)28-9-21(36-14-19(18(36)2)16-41(5,38)39)8-27(34-28)33-20-11-30-35(3)15-20/h6-13,15,18-19H,14,16H2,1-5H3,(H,33,34)/t18-,19-/m1/s1. The van der Waals surface area contributed by atoms with E-state index < -0.39 is 9.84 Å². The van der Waals surface area contributed by atoms with Crippen LogP contribution in [0.1, 0.15) is 12.6 Å². The van der Waals surface area contributed by atoms with Crippen LogP contribution in [0, 0.1) is 12.8 Å². The predicted molar refractivity (Wildman–Crippen MR) is 158 cm³/mol. The highest BCUT2D eigenvalue weighted by atomic mass is 32.2. The highest BCUT2D eigenvalue weighted by Crippen LogP contribution is 2.36. The van der Waals surface area contributed by atoms with Crippen molar-refractivity contribution in [3.8, 4) is 22.8 Å². The van der Waals surface area contributed by atoms with Crippen LogP contribution in [0.2, 0.25) is 0 Å². The van der Waals surface area contributed by atoms with E-state index in [9.17, 15) is 8.42 Å². The van der Waals surface area contributed by atoms with Gasteiger partial charge < -0.3 is 15.0 Å². The Morgan fingerprint density at radius 3 is 2.66 bits per heavy atom. The molecule has 0 saturated carbocycles. The van der Waals surface area contributed by atoms with Gasteiger partial charge in [-0.05, 0) is 26.0 Å². The first-order valence-corrected chi connectivity index (χ1v) is 15.2. The molecule has 6 rings (SSSR count). The fourth-order valence-electron chi connectivity index (χ4n) is 5.33. The van der Waals surface area contributed by atoms with E-state index in [1.807, 2.05) is 38.4 Å². The van der Waals surface area contributed by atoms with Gasteiger partial charge in [0.25, 0.3) is 0 Å². The quantitative estimate of drug-likeness (QED) is 0.294. The number of aryl methyl sites for hydroxylation is 2. The maximum Gasteiger partial charge on any atom is 0.158 e.